The van der Waals surface area contributed by atoms with Crippen LogP contribution in [-0.4, -0.2) is 43.9 Å². The summed E-state index contributed by atoms with van der Waals surface area (Å²) in [6.45, 7) is 3.09. The van der Waals surface area contributed by atoms with E-state index in [2.05, 4.69) is 10.6 Å². The first kappa shape index (κ1) is 19.4. The van der Waals surface area contributed by atoms with E-state index in [4.69, 9.17) is 11.6 Å². The molecule has 8 heteroatoms. The summed E-state index contributed by atoms with van der Waals surface area (Å²) in [5, 5.41) is 6.27. The summed E-state index contributed by atoms with van der Waals surface area (Å²) < 4.78 is 13.1. The Morgan fingerprint density at radius 3 is 2.68 bits per heavy atom. The van der Waals surface area contributed by atoms with Gasteiger partial charge in [0.25, 0.3) is 11.8 Å². The van der Waals surface area contributed by atoms with Gasteiger partial charge in [0, 0.05) is 20.1 Å². The summed E-state index contributed by atoms with van der Waals surface area (Å²) >= 11 is 7.10. The fraction of sp³-hybridized carbons (Fsp3) is 0.294. The number of carbonyl (C=O) groups excluding carboxylic acids is 2. The lowest BCUT2D eigenvalue weighted by Gasteiger charge is -2.16. The fourth-order valence-electron chi connectivity index (χ4n) is 2.16. The lowest BCUT2D eigenvalue weighted by molar-refractivity contribution is 0.0800. The minimum Gasteiger partial charge on any atom is -0.340 e. The molecule has 5 nitrogen and oxygen atoms in total. The Hall–Kier alpha value is -1.96. The van der Waals surface area contributed by atoms with Gasteiger partial charge in [0.15, 0.2) is 0 Å². The number of benzene rings is 1. The van der Waals surface area contributed by atoms with Crippen LogP contribution in [0.1, 0.15) is 25.6 Å². The Morgan fingerprint density at radius 1 is 1.32 bits per heavy atom. The largest absolute Gasteiger partial charge is 0.340 e. The lowest BCUT2D eigenvalue weighted by Crippen LogP contribution is -2.32. The summed E-state index contributed by atoms with van der Waals surface area (Å²) in [5.41, 5.74) is 0.958. The maximum atomic E-state index is 13.1. The Balaban J connectivity index is 2.14. The van der Waals surface area contributed by atoms with Crippen molar-refractivity contribution >= 4 is 39.8 Å². The zero-order valence-corrected chi connectivity index (χ0v) is 15.7. The van der Waals surface area contributed by atoms with Crippen LogP contribution in [0.25, 0.3) is 0 Å². The van der Waals surface area contributed by atoms with E-state index in [0.717, 1.165) is 11.6 Å². The first-order chi connectivity index (χ1) is 11.8. The van der Waals surface area contributed by atoms with E-state index in [9.17, 15) is 14.0 Å². The van der Waals surface area contributed by atoms with Crippen LogP contribution in [0.5, 0.6) is 0 Å². The topological polar surface area (TPSA) is 61.4 Å². The molecule has 1 aromatic heterocycles. The van der Waals surface area contributed by atoms with Crippen LogP contribution in [-0.2, 0) is 0 Å². The number of halogens is 2. The van der Waals surface area contributed by atoms with E-state index in [1.807, 2.05) is 14.0 Å². The quantitative estimate of drug-likeness (QED) is 0.803. The maximum absolute atomic E-state index is 13.1. The second kappa shape index (κ2) is 8.42. The molecular weight excluding hydrogens is 365 g/mol. The molecule has 0 bridgehead atoms. The number of thiophene rings is 1. The minimum absolute atomic E-state index is 0.0360. The smallest absolute Gasteiger partial charge is 0.264 e. The molecule has 1 heterocycles. The number of likely N-dealkylation sites (N-methyl/N-ethyl adjacent to an activating group) is 2. The second-order valence-electron chi connectivity index (χ2n) is 5.53. The van der Waals surface area contributed by atoms with Gasteiger partial charge in [0.2, 0.25) is 0 Å². The normalized spacial score (nSPS) is 10.6. The molecule has 2 amide bonds. The molecule has 2 rings (SSSR count). The van der Waals surface area contributed by atoms with Gasteiger partial charge in [-0.15, -0.1) is 11.3 Å². The van der Waals surface area contributed by atoms with Crippen molar-refractivity contribution in [2.45, 2.75) is 6.92 Å². The SMILES string of the molecule is CNCCN(C)C(=O)c1sc(NC(=O)c2ccc(F)cc2Cl)cc1C. The second-order valence-corrected chi connectivity index (χ2v) is 6.99. The van der Waals surface area contributed by atoms with E-state index in [1.54, 1.807) is 18.0 Å². The molecule has 0 atom stereocenters. The monoisotopic (exact) mass is 383 g/mol. The molecule has 0 saturated carbocycles. The molecule has 0 radical (unpaired) electrons. The number of rotatable bonds is 6. The summed E-state index contributed by atoms with van der Waals surface area (Å²) in [5.74, 6) is -1.06. The van der Waals surface area contributed by atoms with Crippen molar-refractivity contribution in [1.29, 1.82) is 0 Å². The number of nitrogens with zero attached hydrogens (tertiary/aromatic N) is 1. The van der Waals surface area contributed by atoms with Crippen molar-refractivity contribution in [3.8, 4) is 0 Å². The van der Waals surface area contributed by atoms with E-state index in [-0.39, 0.29) is 16.5 Å². The number of nitrogens with one attached hydrogen (secondary N) is 2. The molecule has 0 aliphatic carbocycles. The highest BCUT2D eigenvalue weighted by molar-refractivity contribution is 7.18. The van der Waals surface area contributed by atoms with E-state index >= 15 is 0 Å². The standard InChI is InChI=1S/C17H19ClFN3O2S/c1-10-8-14(25-15(10)17(24)22(3)7-6-20-2)21-16(23)12-5-4-11(19)9-13(12)18/h4-5,8-9,20H,6-7H2,1-3H3,(H,21,23). The van der Waals surface area contributed by atoms with Gasteiger partial charge in [0.05, 0.1) is 20.5 Å². The highest BCUT2D eigenvalue weighted by Crippen LogP contribution is 2.28. The van der Waals surface area contributed by atoms with Crippen LogP contribution in [0.2, 0.25) is 5.02 Å². The number of hydrogen-bond donors (Lipinski definition) is 2. The van der Waals surface area contributed by atoms with E-state index < -0.39 is 11.7 Å². The molecule has 0 saturated heterocycles. The Bertz CT molecular complexity index is 794. The molecule has 2 aromatic rings. The predicted octanol–water partition coefficient (Wildman–Crippen LogP) is 3.39. The molecule has 2 N–H and O–H groups in total. The van der Waals surface area contributed by atoms with Crippen LogP contribution in [0.15, 0.2) is 24.3 Å². The molecule has 0 fully saturated rings. The van der Waals surface area contributed by atoms with Gasteiger partial charge in [-0.1, -0.05) is 11.6 Å². The van der Waals surface area contributed by atoms with Crippen molar-refractivity contribution in [1.82, 2.24) is 10.2 Å². The fourth-order valence-corrected chi connectivity index (χ4v) is 3.48. The van der Waals surface area contributed by atoms with Crippen LogP contribution < -0.4 is 10.6 Å². The number of amides is 2. The third-order valence-corrected chi connectivity index (χ3v) is 5.02. The van der Waals surface area contributed by atoms with Gasteiger partial charge in [0.1, 0.15) is 5.82 Å². The Kier molecular flexibility index (Phi) is 6.52. The highest BCUT2D eigenvalue weighted by Gasteiger charge is 2.19. The van der Waals surface area contributed by atoms with Gasteiger partial charge in [-0.3, -0.25) is 9.59 Å². The molecule has 0 aliphatic heterocycles. The average molecular weight is 384 g/mol. The molecular formula is C17H19ClFN3O2S. The van der Waals surface area contributed by atoms with Crippen LogP contribution in [0.3, 0.4) is 0 Å². The van der Waals surface area contributed by atoms with E-state index in [1.165, 1.54) is 23.5 Å². The molecule has 0 spiro atoms. The van der Waals surface area contributed by atoms with Gasteiger partial charge < -0.3 is 15.5 Å². The number of carbonyl (C=O) groups is 2. The first-order valence-electron chi connectivity index (χ1n) is 7.60. The van der Waals surface area contributed by atoms with Gasteiger partial charge >= 0.3 is 0 Å². The zero-order valence-electron chi connectivity index (χ0n) is 14.2. The molecule has 0 aliphatic rings. The Morgan fingerprint density at radius 2 is 2.04 bits per heavy atom. The van der Waals surface area contributed by atoms with Crippen LogP contribution in [0, 0.1) is 12.7 Å². The zero-order chi connectivity index (χ0) is 18.6. The summed E-state index contributed by atoms with van der Waals surface area (Å²) in [6.07, 6.45) is 0. The van der Waals surface area contributed by atoms with Gasteiger partial charge in [-0.05, 0) is 43.8 Å². The van der Waals surface area contributed by atoms with Crippen molar-refractivity contribution in [2.75, 3.05) is 32.5 Å². The lowest BCUT2D eigenvalue weighted by atomic mass is 10.2. The van der Waals surface area contributed by atoms with Gasteiger partial charge in [-0.25, -0.2) is 4.39 Å². The van der Waals surface area contributed by atoms with Crippen LogP contribution >= 0.6 is 22.9 Å². The first-order valence-corrected chi connectivity index (χ1v) is 8.79. The molecule has 0 unspecified atom stereocenters. The molecule has 25 heavy (non-hydrogen) atoms. The summed E-state index contributed by atoms with van der Waals surface area (Å²) in [4.78, 5) is 27.0. The van der Waals surface area contributed by atoms with Crippen molar-refractivity contribution in [3.05, 3.63) is 51.1 Å². The summed E-state index contributed by atoms with van der Waals surface area (Å²) in [7, 11) is 3.55. The number of hydrogen-bond acceptors (Lipinski definition) is 4. The number of anilines is 1. The average Bonchev–Trinajstić information content (AvgIpc) is 2.91. The predicted molar refractivity (Wildman–Crippen MR) is 99.3 cm³/mol. The molecule has 1 aromatic carbocycles. The van der Waals surface area contributed by atoms with E-state index in [0.29, 0.717) is 23.0 Å². The third-order valence-electron chi connectivity index (χ3n) is 3.57. The number of aryl methyl sites for hydroxylation is 1. The van der Waals surface area contributed by atoms with Crippen molar-refractivity contribution < 1.29 is 14.0 Å². The summed E-state index contributed by atoms with van der Waals surface area (Å²) in [6, 6.07) is 5.32. The maximum Gasteiger partial charge on any atom is 0.264 e. The highest BCUT2D eigenvalue weighted by atomic mass is 35.5. The minimum atomic E-state index is -0.508. The van der Waals surface area contributed by atoms with Gasteiger partial charge in [-0.2, -0.15) is 0 Å². The van der Waals surface area contributed by atoms with Crippen molar-refractivity contribution in [3.63, 3.8) is 0 Å². The van der Waals surface area contributed by atoms with Crippen molar-refractivity contribution in [2.24, 2.45) is 0 Å². The van der Waals surface area contributed by atoms with Crippen LogP contribution in [0.4, 0.5) is 9.39 Å². The molecule has 134 valence electrons. The Labute approximate surface area is 154 Å². The third kappa shape index (κ3) is 4.78.